The first-order chi connectivity index (χ1) is 13.8. The number of anilines is 1. The molecule has 0 saturated heterocycles. The fraction of sp³-hybridized carbons (Fsp3) is 0.211. The van der Waals surface area contributed by atoms with Crippen LogP contribution in [0.25, 0.3) is 21.3 Å². The number of imidazole rings is 1. The van der Waals surface area contributed by atoms with Crippen LogP contribution < -0.4 is 10.2 Å². The maximum Gasteiger partial charge on any atom is 0.418 e. The zero-order valence-electron chi connectivity index (χ0n) is 15.2. The van der Waals surface area contributed by atoms with Gasteiger partial charge in [0.2, 0.25) is 5.91 Å². The minimum absolute atomic E-state index is 0.0403. The normalized spacial score (nSPS) is 11.9. The number of likely N-dealkylation sites (N-methyl/N-ethyl adjacent to an activating group) is 1. The minimum atomic E-state index is -4.48. The van der Waals surface area contributed by atoms with Gasteiger partial charge in [-0.15, -0.1) is 0 Å². The average Bonchev–Trinajstić information content (AvgIpc) is 3.28. The van der Waals surface area contributed by atoms with Crippen LogP contribution in [0.1, 0.15) is 11.4 Å². The number of benzene rings is 2. The zero-order valence-corrected chi connectivity index (χ0v) is 16.1. The zero-order chi connectivity index (χ0) is 20.6. The van der Waals surface area contributed by atoms with Crippen molar-refractivity contribution in [2.75, 3.05) is 18.5 Å². The summed E-state index contributed by atoms with van der Waals surface area (Å²) >= 11 is 1.11. The van der Waals surface area contributed by atoms with E-state index in [9.17, 15) is 18.0 Å². The Kier molecular flexibility index (Phi) is 4.87. The lowest BCUT2D eigenvalue weighted by molar-refractivity contribution is -0.136. The monoisotopic (exact) mass is 419 g/mol. The van der Waals surface area contributed by atoms with E-state index < -0.39 is 11.7 Å². The number of hydrogen-bond acceptors (Lipinski definition) is 5. The van der Waals surface area contributed by atoms with Crippen molar-refractivity contribution in [3.8, 4) is 0 Å². The van der Waals surface area contributed by atoms with Gasteiger partial charge in [-0.25, -0.2) is 9.97 Å². The Labute approximate surface area is 167 Å². The molecule has 6 nitrogen and oxygen atoms in total. The van der Waals surface area contributed by atoms with Gasteiger partial charge in [0.1, 0.15) is 5.82 Å². The van der Waals surface area contributed by atoms with Gasteiger partial charge in [-0.05, 0) is 24.3 Å². The summed E-state index contributed by atoms with van der Waals surface area (Å²) in [5.41, 5.74) is 0.808. The summed E-state index contributed by atoms with van der Waals surface area (Å²) in [5, 5.41) is 3.10. The molecule has 4 aromatic rings. The topological polar surface area (TPSA) is 73.9 Å². The Hall–Kier alpha value is -3.14. The van der Waals surface area contributed by atoms with Crippen molar-refractivity contribution in [3.05, 3.63) is 53.9 Å². The van der Waals surface area contributed by atoms with Crippen LogP contribution in [0.5, 0.6) is 0 Å². The summed E-state index contributed by atoms with van der Waals surface area (Å²) in [7, 11) is 1.62. The van der Waals surface area contributed by atoms with Crippen LogP contribution in [0, 0.1) is 0 Å². The van der Waals surface area contributed by atoms with E-state index in [0.29, 0.717) is 15.7 Å². The molecule has 0 spiro atoms. The minimum Gasteiger partial charge on any atom is -0.347 e. The van der Waals surface area contributed by atoms with Gasteiger partial charge >= 0.3 is 6.18 Å². The second-order valence-corrected chi connectivity index (χ2v) is 7.49. The molecule has 2 N–H and O–H groups in total. The number of hydrogen-bond donors (Lipinski definition) is 2. The number of para-hydroxylation sites is 3. The smallest absolute Gasteiger partial charge is 0.347 e. The third kappa shape index (κ3) is 4.02. The van der Waals surface area contributed by atoms with Gasteiger partial charge in [-0.3, -0.25) is 4.79 Å². The molecule has 10 heteroatoms. The third-order valence-electron chi connectivity index (χ3n) is 4.31. The Balaban J connectivity index is 1.43. The van der Waals surface area contributed by atoms with Gasteiger partial charge in [0.25, 0.3) is 0 Å². The molecule has 2 aromatic heterocycles. The summed E-state index contributed by atoms with van der Waals surface area (Å²) < 4.78 is 39.9. The van der Waals surface area contributed by atoms with Crippen molar-refractivity contribution < 1.29 is 18.0 Å². The maximum atomic E-state index is 13.2. The molecular formula is C19H16F3N5OS. The molecule has 0 aliphatic heterocycles. The van der Waals surface area contributed by atoms with Crippen LogP contribution in [0.2, 0.25) is 0 Å². The number of halogens is 3. The highest BCUT2D eigenvalue weighted by atomic mass is 32.1. The van der Waals surface area contributed by atoms with Crippen LogP contribution >= 0.6 is 11.3 Å². The van der Waals surface area contributed by atoms with E-state index in [4.69, 9.17) is 0 Å². The largest absolute Gasteiger partial charge is 0.418 e. The number of nitrogens with zero attached hydrogens (tertiary/aromatic N) is 3. The molecule has 1 amide bonds. The van der Waals surface area contributed by atoms with Gasteiger partial charge in [0.15, 0.2) is 5.13 Å². The van der Waals surface area contributed by atoms with E-state index in [0.717, 1.165) is 28.4 Å². The predicted octanol–water partition coefficient (Wildman–Crippen LogP) is 3.94. The lowest BCUT2D eigenvalue weighted by Crippen LogP contribution is -2.35. The number of fused-ring (bicyclic) bond motifs is 2. The summed E-state index contributed by atoms with van der Waals surface area (Å²) in [4.78, 5) is 25.4. The standard InChI is InChI=1S/C19H16F3N5OS/c1-27(18-26-17-11(19(20,21)22)5-4-8-14(17)29-18)10-16(28)23-9-15-24-12-6-2-3-7-13(12)25-15/h2-8H,9-10H2,1H3,(H,23,28)(H,24,25). The third-order valence-corrected chi connectivity index (χ3v) is 5.45. The van der Waals surface area contributed by atoms with Crippen LogP contribution in [0.3, 0.4) is 0 Å². The number of thiazole rings is 1. The number of amides is 1. The number of rotatable bonds is 5. The second-order valence-electron chi connectivity index (χ2n) is 6.48. The van der Waals surface area contributed by atoms with E-state index in [1.165, 1.54) is 11.0 Å². The SMILES string of the molecule is CN(CC(=O)NCc1nc2ccccc2[nH]1)c1nc2c(C(F)(F)F)cccc2s1. The van der Waals surface area contributed by atoms with Crippen molar-refractivity contribution in [1.82, 2.24) is 20.3 Å². The van der Waals surface area contributed by atoms with Gasteiger partial charge in [0.05, 0.1) is 39.9 Å². The molecule has 29 heavy (non-hydrogen) atoms. The number of H-pyrrole nitrogens is 1. The van der Waals surface area contributed by atoms with E-state index in [1.807, 2.05) is 24.3 Å². The lowest BCUT2D eigenvalue weighted by atomic mass is 10.2. The number of aromatic nitrogens is 3. The van der Waals surface area contributed by atoms with Crippen molar-refractivity contribution in [2.45, 2.75) is 12.7 Å². The van der Waals surface area contributed by atoms with E-state index >= 15 is 0 Å². The first-order valence-corrected chi connectivity index (χ1v) is 9.51. The Morgan fingerprint density at radius 3 is 2.72 bits per heavy atom. The Morgan fingerprint density at radius 1 is 1.17 bits per heavy atom. The van der Waals surface area contributed by atoms with Gasteiger partial charge < -0.3 is 15.2 Å². The number of nitrogens with one attached hydrogen (secondary N) is 2. The van der Waals surface area contributed by atoms with Crippen molar-refractivity contribution in [2.24, 2.45) is 0 Å². The fourth-order valence-corrected chi connectivity index (χ4v) is 3.89. The van der Waals surface area contributed by atoms with Crippen molar-refractivity contribution in [1.29, 1.82) is 0 Å². The molecule has 0 saturated carbocycles. The summed E-state index contributed by atoms with van der Waals surface area (Å²) in [5.74, 6) is 0.334. The maximum absolute atomic E-state index is 13.2. The second kappa shape index (κ2) is 7.36. The van der Waals surface area contributed by atoms with Crippen LogP contribution in [-0.2, 0) is 17.5 Å². The fourth-order valence-electron chi connectivity index (χ4n) is 2.94. The molecule has 2 heterocycles. The molecule has 0 aliphatic carbocycles. The highest BCUT2D eigenvalue weighted by Crippen LogP contribution is 2.38. The van der Waals surface area contributed by atoms with Crippen LogP contribution in [-0.4, -0.2) is 34.5 Å². The van der Waals surface area contributed by atoms with E-state index in [-0.39, 0.29) is 24.5 Å². The molecule has 0 unspecified atom stereocenters. The first-order valence-electron chi connectivity index (χ1n) is 8.69. The molecular weight excluding hydrogens is 403 g/mol. The number of aromatic amines is 1. The molecule has 0 atom stereocenters. The van der Waals surface area contributed by atoms with Crippen molar-refractivity contribution >= 4 is 43.6 Å². The molecule has 0 radical (unpaired) electrons. The highest BCUT2D eigenvalue weighted by Gasteiger charge is 2.34. The quantitative estimate of drug-likeness (QED) is 0.514. The van der Waals surface area contributed by atoms with Crippen molar-refractivity contribution in [3.63, 3.8) is 0 Å². The van der Waals surface area contributed by atoms with Gasteiger partial charge in [-0.1, -0.05) is 29.5 Å². The highest BCUT2D eigenvalue weighted by molar-refractivity contribution is 7.22. The van der Waals surface area contributed by atoms with Gasteiger partial charge in [-0.2, -0.15) is 13.2 Å². The number of alkyl halides is 3. The summed E-state index contributed by atoms with van der Waals surface area (Å²) in [6, 6.07) is 11.5. The molecule has 4 rings (SSSR count). The van der Waals surface area contributed by atoms with Crippen LogP contribution in [0.15, 0.2) is 42.5 Å². The summed E-state index contributed by atoms with van der Waals surface area (Å²) in [6.07, 6.45) is -4.48. The molecule has 0 aliphatic rings. The summed E-state index contributed by atoms with van der Waals surface area (Å²) in [6.45, 7) is 0.181. The molecule has 0 fully saturated rings. The molecule has 150 valence electrons. The first kappa shape index (κ1) is 19.2. The van der Waals surface area contributed by atoms with Gasteiger partial charge in [0, 0.05) is 7.05 Å². The van der Waals surface area contributed by atoms with E-state index in [1.54, 1.807) is 13.1 Å². The van der Waals surface area contributed by atoms with E-state index in [2.05, 4.69) is 20.3 Å². The average molecular weight is 419 g/mol. The molecule has 0 bridgehead atoms. The molecule has 2 aromatic carbocycles. The van der Waals surface area contributed by atoms with Crippen LogP contribution in [0.4, 0.5) is 18.3 Å². The predicted molar refractivity (Wildman–Crippen MR) is 106 cm³/mol. The Morgan fingerprint density at radius 2 is 1.97 bits per heavy atom. The Bertz CT molecular complexity index is 1150. The number of carbonyl (C=O) groups excluding carboxylic acids is 1. The number of carbonyl (C=O) groups is 1. The lowest BCUT2D eigenvalue weighted by Gasteiger charge is -2.14.